The van der Waals surface area contributed by atoms with E-state index in [4.69, 9.17) is 0 Å². The van der Waals surface area contributed by atoms with E-state index >= 15 is 0 Å². The van der Waals surface area contributed by atoms with Gasteiger partial charge >= 0.3 is 6.18 Å². The predicted octanol–water partition coefficient (Wildman–Crippen LogP) is 4.75. The van der Waals surface area contributed by atoms with Gasteiger partial charge in [0, 0.05) is 45.1 Å². The summed E-state index contributed by atoms with van der Waals surface area (Å²) in [5.41, 5.74) is 0.414. The molecule has 1 aliphatic rings. The number of rotatable bonds is 4. The molecule has 0 amide bonds. The Morgan fingerprint density at radius 2 is 2.08 bits per heavy atom. The van der Waals surface area contributed by atoms with Crippen molar-refractivity contribution in [2.75, 3.05) is 11.1 Å². The first-order chi connectivity index (χ1) is 11.9. The maximum atomic E-state index is 12.9. The number of anilines is 1. The molecule has 3 nitrogen and oxygen atoms in total. The summed E-state index contributed by atoms with van der Waals surface area (Å²) in [5.74, 6) is 0.662. The highest BCUT2D eigenvalue weighted by Crippen LogP contribution is 2.33. The van der Waals surface area contributed by atoms with Crippen LogP contribution in [0.5, 0.6) is 0 Å². The largest absolute Gasteiger partial charge is 0.416 e. The van der Waals surface area contributed by atoms with E-state index in [0.717, 1.165) is 43.5 Å². The van der Waals surface area contributed by atoms with Crippen LogP contribution in [0.3, 0.4) is 0 Å². The number of alkyl halides is 3. The van der Waals surface area contributed by atoms with Gasteiger partial charge in [0.25, 0.3) is 0 Å². The number of hydrogen-bond donors (Lipinski definition) is 1. The molecule has 0 saturated heterocycles. The van der Waals surface area contributed by atoms with E-state index in [1.165, 1.54) is 12.3 Å². The van der Waals surface area contributed by atoms with Crippen LogP contribution >= 0.6 is 0 Å². The van der Waals surface area contributed by atoms with Crippen molar-refractivity contribution in [2.45, 2.75) is 50.1 Å². The monoisotopic (exact) mass is 370 g/mol. The van der Waals surface area contributed by atoms with Gasteiger partial charge in [0.15, 0.2) is 0 Å². The van der Waals surface area contributed by atoms with Crippen LogP contribution in [0.25, 0.3) is 10.9 Å². The molecule has 0 bridgehead atoms. The Morgan fingerprint density at radius 1 is 1.28 bits per heavy atom. The molecule has 136 valence electrons. The first-order valence-electron chi connectivity index (χ1n) is 8.48. The lowest BCUT2D eigenvalue weighted by molar-refractivity contribution is -0.137. The summed E-state index contributed by atoms with van der Waals surface area (Å²) >= 11 is 0. The summed E-state index contributed by atoms with van der Waals surface area (Å²) < 4.78 is 50.7. The van der Waals surface area contributed by atoms with Crippen LogP contribution < -0.4 is 5.32 Å². The second kappa shape index (κ2) is 7.32. The molecule has 2 aromatic rings. The fourth-order valence-corrected chi connectivity index (χ4v) is 4.77. The van der Waals surface area contributed by atoms with Crippen molar-refractivity contribution < 1.29 is 17.4 Å². The minimum absolute atomic E-state index is 0.183. The van der Waals surface area contributed by atoms with Gasteiger partial charge in [0.2, 0.25) is 0 Å². The number of fused-ring (bicyclic) bond motifs is 1. The molecule has 1 aromatic carbocycles. The number of halogens is 3. The summed E-state index contributed by atoms with van der Waals surface area (Å²) in [6, 6.07) is 5.61. The van der Waals surface area contributed by atoms with Crippen molar-refractivity contribution in [3.05, 3.63) is 36.0 Å². The molecule has 0 spiro atoms. The van der Waals surface area contributed by atoms with E-state index in [0.29, 0.717) is 16.7 Å². The van der Waals surface area contributed by atoms with Crippen molar-refractivity contribution in [1.82, 2.24) is 4.98 Å². The molecular weight excluding hydrogens is 349 g/mol. The Kier molecular flexibility index (Phi) is 5.32. The molecule has 0 aliphatic heterocycles. The maximum Gasteiger partial charge on any atom is 0.416 e. The highest BCUT2D eigenvalue weighted by atomic mass is 32.2. The molecule has 1 aromatic heterocycles. The van der Waals surface area contributed by atoms with E-state index in [2.05, 4.69) is 10.3 Å². The Balaban J connectivity index is 1.83. The molecule has 7 heteroatoms. The van der Waals surface area contributed by atoms with Crippen molar-refractivity contribution in [3.63, 3.8) is 0 Å². The van der Waals surface area contributed by atoms with Crippen LogP contribution in [0, 0.1) is 0 Å². The molecule has 1 saturated carbocycles. The van der Waals surface area contributed by atoms with Gasteiger partial charge in [0.1, 0.15) is 0 Å². The Bertz CT molecular complexity index is 778. The Labute approximate surface area is 147 Å². The van der Waals surface area contributed by atoms with Crippen LogP contribution in [0.4, 0.5) is 18.9 Å². The van der Waals surface area contributed by atoms with Crippen molar-refractivity contribution in [3.8, 4) is 0 Å². The third kappa shape index (κ3) is 4.14. The predicted molar refractivity (Wildman–Crippen MR) is 95.1 cm³/mol. The van der Waals surface area contributed by atoms with Crippen molar-refractivity contribution in [1.29, 1.82) is 0 Å². The molecule has 1 N–H and O–H groups in total. The number of benzene rings is 1. The highest BCUT2D eigenvalue weighted by Gasteiger charge is 2.31. The average molecular weight is 370 g/mol. The summed E-state index contributed by atoms with van der Waals surface area (Å²) in [6.07, 6.45) is 0.933. The fourth-order valence-electron chi connectivity index (χ4n) is 3.42. The van der Waals surface area contributed by atoms with Gasteiger partial charge in [-0.3, -0.25) is 9.19 Å². The molecule has 0 radical (unpaired) electrons. The zero-order valence-electron chi connectivity index (χ0n) is 14.0. The van der Waals surface area contributed by atoms with Crippen molar-refractivity contribution in [2.24, 2.45) is 0 Å². The zero-order chi connectivity index (χ0) is 18.0. The van der Waals surface area contributed by atoms with Gasteiger partial charge < -0.3 is 5.32 Å². The SMILES string of the molecule is CCS(=O)C1CCCC(Nc2ccnc3cc(C(F)(F)F)ccc23)C1. The first kappa shape index (κ1) is 18.2. The maximum absolute atomic E-state index is 12.9. The van der Waals surface area contributed by atoms with Crippen LogP contribution in [-0.2, 0) is 17.0 Å². The molecule has 25 heavy (non-hydrogen) atoms. The van der Waals surface area contributed by atoms with E-state index in [-0.39, 0.29) is 11.3 Å². The van der Waals surface area contributed by atoms with Gasteiger partial charge in [-0.2, -0.15) is 13.2 Å². The van der Waals surface area contributed by atoms with E-state index in [9.17, 15) is 17.4 Å². The molecule has 3 unspecified atom stereocenters. The van der Waals surface area contributed by atoms with Gasteiger partial charge in [-0.15, -0.1) is 0 Å². The quantitative estimate of drug-likeness (QED) is 0.845. The van der Waals surface area contributed by atoms with E-state index in [1.54, 1.807) is 6.07 Å². The molecule has 1 fully saturated rings. The summed E-state index contributed by atoms with van der Waals surface area (Å²) in [6.45, 7) is 1.93. The second-order valence-corrected chi connectivity index (χ2v) is 8.39. The number of nitrogens with one attached hydrogen (secondary N) is 1. The summed E-state index contributed by atoms with van der Waals surface area (Å²) in [4.78, 5) is 4.08. The van der Waals surface area contributed by atoms with Gasteiger partial charge in [-0.25, -0.2) is 0 Å². The minimum Gasteiger partial charge on any atom is -0.382 e. The Hall–Kier alpha value is -1.63. The van der Waals surface area contributed by atoms with E-state index in [1.807, 2.05) is 6.92 Å². The van der Waals surface area contributed by atoms with Crippen LogP contribution in [0.2, 0.25) is 0 Å². The van der Waals surface area contributed by atoms with E-state index < -0.39 is 22.5 Å². The Morgan fingerprint density at radius 3 is 2.80 bits per heavy atom. The lowest BCUT2D eigenvalue weighted by atomic mass is 9.94. The van der Waals surface area contributed by atoms with Crippen LogP contribution in [-0.4, -0.2) is 26.2 Å². The third-order valence-electron chi connectivity index (χ3n) is 4.71. The van der Waals surface area contributed by atoms with Crippen LogP contribution in [0.1, 0.15) is 38.2 Å². The van der Waals surface area contributed by atoms with Crippen molar-refractivity contribution >= 4 is 27.4 Å². The molecular formula is C18H21F3N2OS. The number of aromatic nitrogens is 1. The smallest absolute Gasteiger partial charge is 0.382 e. The molecule has 3 atom stereocenters. The lowest BCUT2D eigenvalue weighted by Crippen LogP contribution is -2.33. The highest BCUT2D eigenvalue weighted by molar-refractivity contribution is 7.85. The molecule has 1 heterocycles. The normalized spacial score (nSPS) is 22.7. The van der Waals surface area contributed by atoms with Gasteiger partial charge in [-0.1, -0.05) is 19.4 Å². The molecule has 1 aliphatic carbocycles. The standard InChI is InChI=1S/C18H21F3N2OS/c1-2-25(24)14-5-3-4-13(11-14)23-16-8-9-22-17-10-12(18(19,20)21)6-7-15(16)17/h6-10,13-14H,2-5,11H2,1H3,(H,22,23). The number of nitrogens with zero attached hydrogens (tertiary/aromatic N) is 1. The summed E-state index contributed by atoms with van der Waals surface area (Å²) in [7, 11) is -0.810. The van der Waals surface area contributed by atoms with Gasteiger partial charge in [0.05, 0.1) is 11.1 Å². The average Bonchev–Trinajstić information content (AvgIpc) is 2.60. The third-order valence-corrected chi connectivity index (χ3v) is 6.45. The lowest BCUT2D eigenvalue weighted by Gasteiger charge is -2.30. The van der Waals surface area contributed by atoms with Gasteiger partial charge in [-0.05, 0) is 37.5 Å². The second-order valence-electron chi connectivity index (χ2n) is 6.39. The number of pyridine rings is 1. The topological polar surface area (TPSA) is 42.0 Å². The molecule has 3 rings (SSSR count). The fraction of sp³-hybridized carbons (Fsp3) is 0.500. The zero-order valence-corrected chi connectivity index (χ0v) is 14.8. The number of hydrogen-bond acceptors (Lipinski definition) is 3. The van der Waals surface area contributed by atoms with Crippen LogP contribution in [0.15, 0.2) is 30.5 Å². The summed E-state index contributed by atoms with van der Waals surface area (Å²) in [5, 5.41) is 4.31. The first-order valence-corrected chi connectivity index (χ1v) is 9.86. The minimum atomic E-state index is -4.37.